The molecule has 0 bridgehead atoms. The van der Waals surface area contributed by atoms with E-state index in [9.17, 15) is 0 Å². The molecule has 0 heterocycles. The van der Waals surface area contributed by atoms with Gasteiger partial charge in [0.05, 0.1) is 0 Å². The Balaban J connectivity index is 1.83. The highest BCUT2D eigenvalue weighted by Gasteiger charge is 2.23. The van der Waals surface area contributed by atoms with Gasteiger partial charge in [0, 0.05) is 6.04 Å². The molecule has 0 aromatic heterocycles. The van der Waals surface area contributed by atoms with E-state index in [1.807, 2.05) is 0 Å². The highest BCUT2D eigenvalue weighted by molar-refractivity contribution is 5.25. The van der Waals surface area contributed by atoms with Gasteiger partial charge in [-0.2, -0.15) is 0 Å². The summed E-state index contributed by atoms with van der Waals surface area (Å²) in [7, 11) is 0. The average Bonchev–Trinajstić information content (AvgIpc) is 3.13. The molecule has 0 amide bonds. The van der Waals surface area contributed by atoms with E-state index >= 15 is 0 Å². The average molecular weight is 259 g/mol. The summed E-state index contributed by atoms with van der Waals surface area (Å²) in [5, 5.41) is 3.62. The summed E-state index contributed by atoms with van der Waals surface area (Å²) >= 11 is 0. The molecule has 19 heavy (non-hydrogen) atoms. The molecule has 0 spiro atoms. The first kappa shape index (κ1) is 14.6. The number of nitrogens with one attached hydrogen (secondary N) is 1. The summed E-state index contributed by atoms with van der Waals surface area (Å²) in [5.41, 5.74) is 3.30. The van der Waals surface area contributed by atoms with E-state index in [-0.39, 0.29) is 0 Å². The van der Waals surface area contributed by atoms with Crippen molar-refractivity contribution in [3.63, 3.8) is 0 Å². The second-order valence-corrected chi connectivity index (χ2v) is 7.22. The van der Waals surface area contributed by atoms with Crippen molar-refractivity contribution in [1.82, 2.24) is 5.32 Å². The van der Waals surface area contributed by atoms with Crippen LogP contribution in [0.1, 0.15) is 64.0 Å². The van der Waals surface area contributed by atoms with E-state index < -0.39 is 0 Å². The Hall–Kier alpha value is -0.820. The van der Waals surface area contributed by atoms with Gasteiger partial charge < -0.3 is 5.32 Å². The third-order valence-corrected chi connectivity index (χ3v) is 4.14. The van der Waals surface area contributed by atoms with Crippen molar-refractivity contribution in [2.24, 2.45) is 5.41 Å². The van der Waals surface area contributed by atoms with Crippen LogP contribution in [-0.4, -0.2) is 12.6 Å². The van der Waals surface area contributed by atoms with Crippen molar-refractivity contribution >= 4 is 0 Å². The van der Waals surface area contributed by atoms with Crippen LogP contribution in [0, 0.1) is 5.41 Å². The van der Waals surface area contributed by atoms with Gasteiger partial charge >= 0.3 is 0 Å². The first-order valence-electron chi connectivity index (χ1n) is 7.78. The molecule has 1 N–H and O–H groups in total. The van der Waals surface area contributed by atoms with Crippen LogP contribution in [0.4, 0.5) is 0 Å². The molecule has 0 unspecified atom stereocenters. The van der Waals surface area contributed by atoms with Crippen LogP contribution in [0.2, 0.25) is 0 Å². The zero-order chi connectivity index (χ0) is 13.9. The highest BCUT2D eigenvalue weighted by Crippen LogP contribution is 2.27. The molecule has 1 aliphatic rings. The largest absolute Gasteiger partial charge is 0.314 e. The summed E-state index contributed by atoms with van der Waals surface area (Å²) in [6.45, 7) is 10.4. The Morgan fingerprint density at radius 1 is 1.16 bits per heavy atom. The summed E-state index contributed by atoms with van der Waals surface area (Å²) < 4.78 is 0. The maximum Gasteiger partial charge on any atom is 0.00682 e. The lowest BCUT2D eigenvalue weighted by molar-refractivity contribution is 0.325. The van der Waals surface area contributed by atoms with Gasteiger partial charge in [-0.3, -0.25) is 0 Å². The Morgan fingerprint density at radius 2 is 1.79 bits per heavy atom. The summed E-state index contributed by atoms with van der Waals surface area (Å²) in [5.74, 6) is 0.629. The second kappa shape index (κ2) is 6.09. The third-order valence-electron chi connectivity index (χ3n) is 4.14. The van der Waals surface area contributed by atoms with E-state index in [4.69, 9.17) is 0 Å². The number of hydrogen-bond donors (Lipinski definition) is 1. The van der Waals surface area contributed by atoms with Crippen molar-refractivity contribution in [3.05, 3.63) is 35.4 Å². The maximum absolute atomic E-state index is 3.62. The first-order valence-corrected chi connectivity index (χ1v) is 7.78. The minimum atomic E-state index is 0.390. The van der Waals surface area contributed by atoms with Gasteiger partial charge in [-0.1, -0.05) is 52.0 Å². The predicted molar refractivity (Wildman–Crippen MR) is 83.7 cm³/mol. The fourth-order valence-electron chi connectivity index (χ4n) is 2.56. The fraction of sp³-hybridized carbons (Fsp3) is 0.667. The fourth-order valence-corrected chi connectivity index (χ4v) is 2.56. The molecule has 0 saturated heterocycles. The van der Waals surface area contributed by atoms with Gasteiger partial charge in [-0.05, 0) is 54.7 Å². The Bertz CT molecular complexity index is 385. The zero-order valence-electron chi connectivity index (χ0n) is 13.0. The van der Waals surface area contributed by atoms with Crippen LogP contribution in [0.3, 0.4) is 0 Å². The predicted octanol–water partition coefficient (Wildman–Crippen LogP) is 4.52. The lowest BCUT2D eigenvalue weighted by Gasteiger charge is -2.25. The van der Waals surface area contributed by atoms with Crippen LogP contribution in [0.25, 0.3) is 0 Å². The van der Waals surface area contributed by atoms with Crippen molar-refractivity contribution in [2.45, 2.75) is 65.3 Å². The van der Waals surface area contributed by atoms with Gasteiger partial charge in [0.15, 0.2) is 0 Å². The third kappa shape index (κ3) is 4.99. The second-order valence-electron chi connectivity index (χ2n) is 7.22. The molecule has 0 aliphatic heterocycles. The smallest absolute Gasteiger partial charge is 0.00682 e. The van der Waals surface area contributed by atoms with Crippen molar-refractivity contribution < 1.29 is 0 Å². The van der Waals surface area contributed by atoms with Gasteiger partial charge in [0.2, 0.25) is 0 Å². The molecule has 0 radical (unpaired) electrons. The molecule has 1 heteroatoms. The van der Waals surface area contributed by atoms with Gasteiger partial charge in [-0.25, -0.2) is 0 Å². The van der Waals surface area contributed by atoms with E-state index in [2.05, 4.69) is 57.3 Å². The van der Waals surface area contributed by atoms with E-state index in [0.29, 0.717) is 11.3 Å². The molecule has 1 aromatic carbocycles. The topological polar surface area (TPSA) is 12.0 Å². The monoisotopic (exact) mass is 259 g/mol. The van der Waals surface area contributed by atoms with Gasteiger partial charge in [-0.15, -0.1) is 0 Å². The molecular formula is C18H29N. The number of hydrogen-bond acceptors (Lipinski definition) is 1. The zero-order valence-corrected chi connectivity index (χ0v) is 13.0. The van der Waals surface area contributed by atoms with Crippen LogP contribution >= 0.6 is 0 Å². The normalized spacial score (nSPS) is 16.1. The van der Waals surface area contributed by atoms with E-state index in [0.717, 1.165) is 6.04 Å². The van der Waals surface area contributed by atoms with Crippen molar-refractivity contribution in [3.8, 4) is 0 Å². The Kier molecular flexibility index (Phi) is 4.67. The molecule has 1 aliphatic carbocycles. The van der Waals surface area contributed by atoms with Crippen LogP contribution in [-0.2, 0) is 6.42 Å². The molecule has 2 rings (SSSR count). The molecule has 1 nitrogen and oxygen atoms in total. The van der Waals surface area contributed by atoms with Gasteiger partial charge in [0.1, 0.15) is 0 Å². The quantitative estimate of drug-likeness (QED) is 0.759. The standard InChI is InChI=1S/C18H29N/c1-14(2)16-7-5-15(6-8-16)13-18(3,4)11-12-19-17-9-10-17/h5-8,14,17,19H,9-13H2,1-4H3. The SMILES string of the molecule is CC(C)c1ccc(CC(C)(C)CCNC2CC2)cc1. The van der Waals surface area contributed by atoms with E-state index in [1.165, 1.54) is 43.4 Å². The van der Waals surface area contributed by atoms with Crippen LogP contribution < -0.4 is 5.32 Å². The highest BCUT2D eigenvalue weighted by atomic mass is 14.9. The van der Waals surface area contributed by atoms with Gasteiger partial charge in [0.25, 0.3) is 0 Å². The van der Waals surface area contributed by atoms with Crippen LogP contribution in [0.5, 0.6) is 0 Å². The summed E-state index contributed by atoms with van der Waals surface area (Å²) in [6.07, 6.45) is 5.21. The van der Waals surface area contributed by atoms with Crippen LogP contribution in [0.15, 0.2) is 24.3 Å². The summed E-state index contributed by atoms with van der Waals surface area (Å²) in [4.78, 5) is 0. The minimum Gasteiger partial charge on any atom is -0.314 e. The lowest BCUT2D eigenvalue weighted by atomic mass is 9.82. The molecule has 1 fully saturated rings. The molecule has 1 aromatic rings. The Labute approximate surface area is 118 Å². The first-order chi connectivity index (χ1) is 8.96. The van der Waals surface area contributed by atoms with Crippen molar-refractivity contribution in [2.75, 3.05) is 6.54 Å². The minimum absolute atomic E-state index is 0.390. The maximum atomic E-state index is 3.62. The molecule has 1 saturated carbocycles. The molecule has 0 atom stereocenters. The number of benzene rings is 1. The molecule has 106 valence electrons. The Morgan fingerprint density at radius 3 is 2.32 bits per heavy atom. The lowest BCUT2D eigenvalue weighted by Crippen LogP contribution is -2.25. The summed E-state index contributed by atoms with van der Waals surface area (Å²) in [6, 6.07) is 10.0. The number of rotatable bonds is 7. The van der Waals surface area contributed by atoms with Crippen molar-refractivity contribution in [1.29, 1.82) is 0 Å². The molecular weight excluding hydrogens is 230 g/mol. The van der Waals surface area contributed by atoms with E-state index in [1.54, 1.807) is 0 Å².